The highest BCUT2D eigenvalue weighted by molar-refractivity contribution is 4.89. The van der Waals surface area contributed by atoms with Crippen LogP contribution >= 0.6 is 0 Å². The number of rotatable bonds is 5. The molecule has 0 aromatic carbocycles. The van der Waals surface area contributed by atoms with Crippen molar-refractivity contribution in [3.8, 4) is 0 Å². The molecule has 3 heteroatoms. The first-order chi connectivity index (χ1) is 8.18. The lowest BCUT2D eigenvalue weighted by atomic mass is 9.81. The number of ether oxygens (including phenoxy) is 1. The van der Waals surface area contributed by atoms with Crippen LogP contribution in [0.15, 0.2) is 0 Å². The zero-order valence-corrected chi connectivity index (χ0v) is 11.3. The van der Waals surface area contributed by atoms with Gasteiger partial charge in [0.05, 0.1) is 0 Å². The molecule has 1 aliphatic heterocycles. The molecule has 1 saturated heterocycles. The lowest BCUT2D eigenvalue weighted by Gasteiger charge is -2.36. The zero-order valence-electron chi connectivity index (χ0n) is 11.3. The van der Waals surface area contributed by atoms with Gasteiger partial charge >= 0.3 is 0 Å². The summed E-state index contributed by atoms with van der Waals surface area (Å²) in [6.45, 7) is 7.32. The van der Waals surface area contributed by atoms with E-state index in [2.05, 4.69) is 12.2 Å². The van der Waals surface area contributed by atoms with Crippen molar-refractivity contribution in [3.63, 3.8) is 0 Å². The Morgan fingerprint density at radius 1 is 1.06 bits per heavy atom. The molecule has 1 heterocycles. The molecule has 1 saturated carbocycles. The van der Waals surface area contributed by atoms with E-state index in [0.29, 0.717) is 10.8 Å². The van der Waals surface area contributed by atoms with E-state index in [1.807, 2.05) is 0 Å². The Morgan fingerprint density at radius 3 is 2.29 bits per heavy atom. The van der Waals surface area contributed by atoms with Crippen LogP contribution in [0.5, 0.6) is 0 Å². The van der Waals surface area contributed by atoms with Gasteiger partial charge in [0.25, 0.3) is 0 Å². The maximum absolute atomic E-state index is 5.96. The first-order valence-electron chi connectivity index (χ1n) is 7.17. The Bertz CT molecular complexity index is 230. The SMILES string of the molecule is CC1(CNCC2(CN)CCCC2)CCOCC1. The summed E-state index contributed by atoms with van der Waals surface area (Å²) in [4.78, 5) is 0. The van der Waals surface area contributed by atoms with E-state index >= 15 is 0 Å². The fourth-order valence-electron chi connectivity index (χ4n) is 3.25. The molecule has 0 bridgehead atoms. The third-order valence-corrected chi connectivity index (χ3v) is 4.85. The Hall–Kier alpha value is -0.120. The van der Waals surface area contributed by atoms with Gasteiger partial charge in [0, 0.05) is 26.3 Å². The largest absolute Gasteiger partial charge is 0.381 e. The number of nitrogens with two attached hydrogens (primary N) is 1. The van der Waals surface area contributed by atoms with Crippen LogP contribution in [0.25, 0.3) is 0 Å². The average Bonchev–Trinajstić information content (AvgIpc) is 2.79. The van der Waals surface area contributed by atoms with Crippen molar-refractivity contribution in [1.82, 2.24) is 5.32 Å². The van der Waals surface area contributed by atoms with Crippen molar-refractivity contribution in [1.29, 1.82) is 0 Å². The average molecular weight is 240 g/mol. The Morgan fingerprint density at radius 2 is 1.71 bits per heavy atom. The second-order valence-electron chi connectivity index (χ2n) is 6.44. The lowest BCUT2D eigenvalue weighted by molar-refractivity contribution is 0.0229. The molecule has 3 N–H and O–H groups in total. The van der Waals surface area contributed by atoms with Crippen LogP contribution in [-0.4, -0.2) is 32.8 Å². The van der Waals surface area contributed by atoms with Crippen molar-refractivity contribution < 1.29 is 4.74 Å². The molecule has 0 aromatic rings. The van der Waals surface area contributed by atoms with E-state index in [0.717, 1.165) is 32.8 Å². The molecule has 0 amide bonds. The Kier molecular flexibility index (Phi) is 4.45. The molecule has 2 aliphatic rings. The monoisotopic (exact) mass is 240 g/mol. The van der Waals surface area contributed by atoms with E-state index in [1.165, 1.54) is 38.5 Å². The van der Waals surface area contributed by atoms with Gasteiger partial charge in [-0.25, -0.2) is 0 Å². The fraction of sp³-hybridized carbons (Fsp3) is 1.00. The summed E-state index contributed by atoms with van der Waals surface area (Å²) in [6.07, 6.45) is 7.74. The van der Waals surface area contributed by atoms with Crippen molar-refractivity contribution in [2.45, 2.75) is 45.4 Å². The smallest absolute Gasteiger partial charge is 0.0471 e. The molecular formula is C14H28N2O. The molecule has 3 nitrogen and oxygen atoms in total. The van der Waals surface area contributed by atoms with E-state index in [9.17, 15) is 0 Å². The zero-order chi connectivity index (χ0) is 12.2. The van der Waals surface area contributed by atoms with Crippen molar-refractivity contribution in [3.05, 3.63) is 0 Å². The van der Waals surface area contributed by atoms with E-state index in [-0.39, 0.29) is 0 Å². The number of nitrogens with one attached hydrogen (secondary N) is 1. The Balaban J connectivity index is 1.74. The summed E-state index contributed by atoms with van der Waals surface area (Å²) in [5.41, 5.74) is 6.80. The van der Waals surface area contributed by atoms with E-state index in [4.69, 9.17) is 10.5 Å². The molecule has 0 spiro atoms. The summed E-state index contributed by atoms with van der Waals surface area (Å²) in [7, 11) is 0. The summed E-state index contributed by atoms with van der Waals surface area (Å²) in [5.74, 6) is 0. The van der Waals surface area contributed by atoms with Crippen LogP contribution in [0.1, 0.15) is 45.4 Å². The summed E-state index contributed by atoms with van der Waals surface area (Å²) < 4.78 is 5.44. The van der Waals surface area contributed by atoms with Gasteiger partial charge < -0.3 is 15.8 Å². The molecule has 2 fully saturated rings. The van der Waals surface area contributed by atoms with Crippen LogP contribution in [0, 0.1) is 10.8 Å². The van der Waals surface area contributed by atoms with Crippen LogP contribution in [-0.2, 0) is 4.74 Å². The highest BCUT2D eigenvalue weighted by Crippen LogP contribution is 2.37. The van der Waals surface area contributed by atoms with Gasteiger partial charge in [-0.15, -0.1) is 0 Å². The predicted octanol–water partition coefficient (Wildman–Crippen LogP) is 1.91. The maximum atomic E-state index is 5.96. The van der Waals surface area contributed by atoms with Crippen LogP contribution in [0.4, 0.5) is 0 Å². The molecular weight excluding hydrogens is 212 g/mol. The first-order valence-corrected chi connectivity index (χ1v) is 7.17. The molecule has 1 aliphatic carbocycles. The molecule has 100 valence electrons. The summed E-state index contributed by atoms with van der Waals surface area (Å²) in [5, 5.41) is 3.69. The van der Waals surface area contributed by atoms with Crippen molar-refractivity contribution in [2.75, 3.05) is 32.8 Å². The van der Waals surface area contributed by atoms with Crippen LogP contribution in [0.2, 0.25) is 0 Å². The highest BCUT2D eigenvalue weighted by atomic mass is 16.5. The molecule has 0 aromatic heterocycles. The summed E-state index contributed by atoms with van der Waals surface area (Å²) in [6, 6.07) is 0. The lowest BCUT2D eigenvalue weighted by Crippen LogP contribution is -2.43. The van der Waals surface area contributed by atoms with Crippen molar-refractivity contribution >= 4 is 0 Å². The van der Waals surface area contributed by atoms with Gasteiger partial charge in [0.15, 0.2) is 0 Å². The van der Waals surface area contributed by atoms with Crippen molar-refractivity contribution in [2.24, 2.45) is 16.6 Å². The third-order valence-electron chi connectivity index (χ3n) is 4.85. The van der Waals surface area contributed by atoms with Gasteiger partial charge in [-0.3, -0.25) is 0 Å². The Labute approximate surface area is 105 Å². The molecule has 2 rings (SSSR count). The quantitative estimate of drug-likeness (QED) is 0.772. The minimum absolute atomic E-state index is 0.404. The molecule has 0 atom stereocenters. The predicted molar refractivity (Wildman–Crippen MR) is 71.0 cm³/mol. The maximum Gasteiger partial charge on any atom is 0.0471 e. The van der Waals surface area contributed by atoms with Gasteiger partial charge in [0.1, 0.15) is 0 Å². The number of hydrogen-bond donors (Lipinski definition) is 2. The normalized spacial score (nSPS) is 27.2. The van der Waals surface area contributed by atoms with Gasteiger partial charge in [-0.1, -0.05) is 19.8 Å². The standard InChI is InChI=1S/C14H28N2O/c1-13(6-8-17-9-7-13)11-16-12-14(10-15)4-2-3-5-14/h16H,2-12,15H2,1H3. The number of hydrogen-bond acceptors (Lipinski definition) is 3. The first kappa shape index (κ1) is 13.3. The molecule has 0 radical (unpaired) electrons. The summed E-state index contributed by atoms with van der Waals surface area (Å²) >= 11 is 0. The minimum atomic E-state index is 0.404. The van der Waals surface area contributed by atoms with Gasteiger partial charge in [-0.2, -0.15) is 0 Å². The van der Waals surface area contributed by atoms with Crippen LogP contribution < -0.4 is 11.1 Å². The van der Waals surface area contributed by atoms with E-state index in [1.54, 1.807) is 0 Å². The minimum Gasteiger partial charge on any atom is -0.381 e. The second kappa shape index (κ2) is 5.68. The molecule has 0 unspecified atom stereocenters. The topological polar surface area (TPSA) is 47.3 Å². The fourth-order valence-corrected chi connectivity index (χ4v) is 3.25. The highest BCUT2D eigenvalue weighted by Gasteiger charge is 2.33. The van der Waals surface area contributed by atoms with Crippen LogP contribution in [0.3, 0.4) is 0 Å². The second-order valence-corrected chi connectivity index (χ2v) is 6.44. The third kappa shape index (κ3) is 3.43. The van der Waals surface area contributed by atoms with Gasteiger partial charge in [-0.05, 0) is 43.1 Å². The van der Waals surface area contributed by atoms with Gasteiger partial charge in [0.2, 0.25) is 0 Å². The molecule has 17 heavy (non-hydrogen) atoms. The van der Waals surface area contributed by atoms with E-state index < -0.39 is 0 Å².